The summed E-state index contributed by atoms with van der Waals surface area (Å²) in [4.78, 5) is 11.7. The molecule has 0 fully saturated rings. The van der Waals surface area contributed by atoms with Gasteiger partial charge in [0.05, 0.1) is 23.7 Å². The van der Waals surface area contributed by atoms with Crippen LogP contribution >= 0.6 is 11.6 Å². The van der Waals surface area contributed by atoms with E-state index in [0.29, 0.717) is 17.5 Å². The van der Waals surface area contributed by atoms with Crippen molar-refractivity contribution < 1.29 is 22.5 Å². The summed E-state index contributed by atoms with van der Waals surface area (Å²) >= 11 is 5.52. The fourth-order valence-corrected chi connectivity index (χ4v) is 1.59. The molecule has 1 aromatic carbocycles. The maximum absolute atomic E-state index is 13.4. The molecule has 0 saturated carbocycles. The molecule has 1 N–H and O–H groups in total. The Morgan fingerprint density at radius 1 is 1.30 bits per heavy atom. The van der Waals surface area contributed by atoms with Gasteiger partial charge in [-0.25, -0.2) is 13.2 Å². The first-order valence-corrected chi connectivity index (χ1v) is 5.98. The smallest absolute Gasteiger partial charge is 0.254 e. The zero-order valence-electron chi connectivity index (χ0n) is 9.92. The first-order chi connectivity index (χ1) is 9.52. The van der Waals surface area contributed by atoms with E-state index in [0.717, 1.165) is 6.07 Å². The van der Waals surface area contributed by atoms with Crippen LogP contribution in [0.2, 0.25) is 0 Å². The van der Waals surface area contributed by atoms with Crippen molar-refractivity contribution in [1.82, 2.24) is 10.5 Å². The molecule has 8 heteroatoms. The second-order valence-corrected chi connectivity index (χ2v) is 4.09. The van der Waals surface area contributed by atoms with Crippen LogP contribution in [0.15, 0.2) is 22.7 Å². The van der Waals surface area contributed by atoms with Crippen molar-refractivity contribution in [3.8, 4) is 0 Å². The molecule has 0 saturated heterocycles. The van der Waals surface area contributed by atoms with Crippen LogP contribution in [0, 0.1) is 17.5 Å². The summed E-state index contributed by atoms with van der Waals surface area (Å²) in [5, 5.41) is 5.88. The highest BCUT2D eigenvalue weighted by Gasteiger charge is 2.18. The zero-order chi connectivity index (χ0) is 14.7. The highest BCUT2D eigenvalue weighted by atomic mass is 35.5. The van der Waals surface area contributed by atoms with Gasteiger partial charge in [0.25, 0.3) is 5.91 Å². The van der Waals surface area contributed by atoms with Crippen molar-refractivity contribution in [3.05, 3.63) is 52.7 Å². The molecule has 1 heterocycles. The second kappa shape index (κ2) is 5.96. The van der Waals surface area contributed by atoms with Gasteiger partial charge in [-0.15, -0.1) is 11.6 Å². The van der Waals surface area contributed by atoms with Gasteiger partial charge < -0.3 is 9.84 Å². The summed E-state index contributed by atoms with van der Waals surface area (Å²) in [6.07, 6.45) is 0. The molecule has 106 valence electrons. The highest BCUT2D eigenvalue weighted by Crippen LogP contribution is 2.15. The molecule has 0 bridgehead atoms. The first kappa shape index (κ1) is 14.4. The van der Waals surface area contributed by atoms with Gasteiger partial charge in [0.15, 0.2) is 23.2 Å². The topological polar surface area (TPSA) is 55.1 Å². The number of hydrogen-bond acceptors (Lipinski definition) is 3. The molecule has 1 amide bonds. The third-order valence-corrected chi connectivity index (χ3v) is 2.72. The largest absolute Gasteiger partial charge is 0.359 e. The Hall–Kier alpha value is -2.02. The average Bonchev–Trinajstić information content (AvgIpc) is 2.90. The van der Waals surface area contributed by atoms with Crippen molar-refractivity contribution in [3.63, 3.8) is 0 Å². The van der Waals surface area contributed by atoms with Crippen molar-refractivity contribution >= 4 is 17.5 Å². The number of benzene rings is 1. The van der Waals surface area contributed by atoms with E-state index in [1.165, 1.54) is 6.07 Å². The number of hydrogen-bond donors (Lipinski definition) is 1. The molecule has 0 aliphatic carbocycles. The number of carbonyl (C=O) groups excluding carboxylic acids is 1. The lowest BCUT2D eigenvalue weighted by Crippen LogP contribution is -2.24. The Labute approximate surface area is 116 Å². The normalized spacial score (nSPS) is 10.6. The number of nitrogens with one attached hydrogen (secondary N) is 1. The fraction of sp³-hybridized carbons (Fsp3) is 0.167. The molecule has 0 unspecified atom stereocenters. The van der Waals surface area contributed by atoms with Gasteiger partial charge in [-0.1, -0.05) is 5.16 Å². The van der Waals surface area contributed by atoms with Gasteiger partial charge in [-0.3, -0.25) is 4.79 Å². The molecule has 0 radical (unpaired) electrons. The molecule has 0 atom stereocenters. The monoisotopic (exact) mass is 304 g/mol. The minimum Gasteiger partial charge on any atom is -0.359 e. The molecule has 0 spiro atoms. The summed E-state index contributed by atoms with van der Waals surface area (Å²) in [7, 11) is 0. The molecule has 2 rings (SSSR count). The van der Waals surface area contributed by atoms with Gasteiger partial charge in [0.1, 0.15) is 0 Å². The molecular weight excluding hydrogens is 297 g/mol. The fourth-order valence-electron chi connectivity index (χ4n) is 1.47. The van der Waals surface area contributed by atoms with Gasteiger partial charge in [-0.05, 0) is 12.1 Å². The van der Waals surface area contributed by atoms with E-state index in [-0.39, 0.29) is 12.4 Å². The Morgan fingerprint density at radius 2 is 2.05 bits per heavy atom. The van der Waals surface area contributed by atoms with E-state index < -0.39 is 28.9 Å². The highest BCUT2D eigenvalue weighted by molar-refractivity contribution is 6.16. The third kappa shape index (κ3) is 2.93. The second-order valence-electron chi connectivity index (χ2n) is 3.82. The molecule has 20 heavy (non-hydrogen) atoms. The molecular formula is C12H8ClF3N2O2. The third-order valence-electron chi connectivity index (χ3n) is 2.45. The van der Waals surface area contributed by atoms with Crippen LogP contribution in [0.5, 0.6) is 0 Å². The van der Waals surface area contributed by atoms with E-state index >= 15 is 0 Å². The number of carbonyl (C=O) groups is 1. The van der Waals surface area contributed by atoms with Crippen molar-refractivity contribution in [2.24, 2.45) is 0 Å². The van der Waals surface area contributed by atoms with Crippen molar-refractivity contribution in [2.75, 3.05) is 0 Å². The summed E-state index contributed by atoms with van der Waals surface area (Å²) in [6, 6.07) is 3.04. The van der Waals surface area contributed by atoms with E-state index in [9.17, 15) is 18.0 Å². The van der Waals surface area contributed by atoms with Crippen LogP contribution in [0.25, 0.3) is 0 Å². The summed E-state index contributed by atoms with van der Waals surface area (Å²) in [5.74, 6) is -5.04. The quantitative estimate of drug-likeness (QED) is 0.698. The minimum absolute atomic E-state index is 0.0822. The van der Waals surface area contributed by atoms with E-state index in [4.69, 9.17) is 16.1 Å². The Kier molecular flexibility index (Phi) is 4.29. The van der Waals surface area contributed by atoms with Crippen LogP contribution in [0.1, 0.15) is 21.8 Å². The van der Waals surface area contributed by atoms with Crippen molar-refractivity contribution in [1.29, 1.82) is 0 Å². The first-order valence-electron chi connectivity index (χ1n) is 5.45. The standard InChI is InChI=1S/C12H8ClF3N2O2/c13-4-6-3-7(20-18-6)5-17-12(19)8-1-2-9(14)11(16)10(8)15/h1-3H,4-5H2,(H,17,19). The SMILES string of the molecule is O=C(NCc1cc(CCl)no1)c1ccc(F)c(F)c1F. The summed E-state index contributed by atoms with van der Waals surface area (Å²) in [5.41, 5.74) is -0.115. The molecule has 0 aliphatic rings. The van der Waals surface area contributed by atoms with Gasteiger partial charge >= 0.3 is 0 Å². The summed E-state index contributed by atoms with van der Waals surface area (Å²) in [6.45, 7) is -0.0822. The van der Waals surface area contributed by atoms with E-state index in [1.807, 2.05) is 0 Å². The molecule has 2 aromatic rings. The maximum Gasteiger partial charge on any atom is 0.254 e. The lowest BCUT2D eigenvalue weighted by molar-refractivity contribution is 0.0941. The number of amides is 1. The molecule has 0 aliphatic heterocycles. The van der Waals surface area contributed by atoms with Crippen LogP contribution in [-0.2, 0) is 12.4 Å². The Bertz CT molecular complexity index is 646. The average molecular weight is 305 g/mol. The number of halogens is 4. The van der Waals surface area contributed by atoms with Crippen molar-refractivity contribution in [2.45, 2.75) is 12.4 Å². The molecule has 4 nitrogen and oxygen atoms in total. The predicted octanol–water partition coefficient (Wildman–Crippen LogP) is 2.76. The lowest BCUT2D eigenvalue weighted by Gasteiger charge is -2.05. The Morgan fingerprint density at radius 3 is 2.70 bits per heavy atom. The van der Waals surface area contributed by atoms with Crippen LogP contribution in [0.4, 0.5) is 13.2 Å². The predicted molar refractivity (Wildman–Crippen MR) is 63.5 cm³/mol. The van der Waals surface area contributed by atoms with Gasteiger partial charge in [-0.2, -0.15) is 0 Å². The number of alkyl halides is 1. The van der Waals surface area contributed by atoms with Crippen LogP contribution in [0.3, 0.4) is 0 Å². The zero-order valence-corrected chi connectivity index (χ0v) is 10.7. The van der Waals surface area contributed by atoms with Crippen LogP contribution in [-0.4, -0.2) is 11.1 Å². The molecule has 1 aromatic heterocycles. The van der Waals surface area contributed by atoms with Gasteiger partial charge in [0, 0.05) is 6.07 Å². The van der Waals surface area contributed by atoms with E-state index in [2.05, 4.69) is 10.5 Å². The van der Waals surface area contributed by atoms with E-state index in [1.54, 1.807) is 0 Å². The lowest BCUT2D eigenvalue weighted by atomic mass is 10.2. The maximum atomic E-state index is 13.4. The number of aromatic nitrogens is 1. The van der Waals surface area contributed by atoms with Gasteiger partial charge in [0.2, 0.25) is 0 Å². The van der Waals surface area contributed by atoms with Crippen LogP contribution < -0.4 is 5.32 Å². The number of nitrogens with zero attached hydrogens (tertiary/aromatic N) is 1. The minimum atomic E-state index is -1.69. The number of rotatable bonds is 4. The Balaban J connectivity index is 2.07. The summed E-state index contributed by atoms with van der Waals surface area (Å²) < 4.78 is 43.9.